The monoisotopic (exact) mass is 169 g/mol. The minimum Gasteiger partial charge on any atom is -0.458 e. The Hall–Kier alpha value is -0.880. The second-order valence-corrected chi connectivity index (χ2v) is 2.47. The summed E-state index contributed by atoms with van der Waals surface area (Å²) in [4.78, 5) is 10.6. The zero-order valence-electron chi connectivity index (χ0n) is 6.91. The van der Waals surface area contributed by atoms with Gasteiger partial charge in [-0.05, 0) is 14.7 Å². The predicted octanol–water partition coefficient (Wildman–Crippen LogP) is 2.20. The Balaban J connectivity index is 2.38. The molecule has 0 aliphatic rings. The van der Waals surface area contributed by atoms with Gasteiger partial charge in [-0.1, -0.05) is 30.3 Å². The molecule has 0 aromatic heterocycles. The van der Waals surface area contributed by atoms with Gasteiger partial charge in [0.25, 0.3) is 0 Å². The molecule has 58 valence electrons. The van der Waals surface area contributed by atoms with Crippen LogP contribution in [0.3, 0.4) is 0 Å². The normalized spacial score (nSPS) is 11.5. The highest BCUT2D eigenvalue weighted by molar-refractivity contribution is 7.39. The summed E-state index contributed by atoms with van der Waals surface area (Å²) in [6.45, 7) is 0.269. The molecule has 1 unspecified atom stereocenters. The summed E-state index contributed by atoms with van der Waals surface area (Å²) < 4.78 is 11.5. The topological polar surface area (TPSA) is 26.3 Å². The molecular weight excluding hydrogens is 159 g/mol. The third kappa shape index (κ3) is 3.15. The van der Waals surface area contributed by atoms with E-state index in [1.807, 2.05) is 30.3 Å². The van der Waals surface area contributed by atoms with Gasteiger partial charge in [0.1, 0.15) is 6.61 Å². The summed E-state index contributed by atoms with van der Waals surface area (Å²) in [5, 5.41) is 0. The highest BCUT2D eigenvalue weighted by atomic mass is 31.0. The molecule has 0 amide bonds. The Morgan fingerprint density at radius 3 is 2.91 bits per heavy atom. The third-order valence-corrected chi connectivity index (χ3v) is 1.36. The Bertz CT molecular complexity index is 250. The summed E-state index contributed by atoms with van der Waals surface area (Å²) in [5.74, 6) is 0. The van der Waals surface area contributed by atoms with Crippen LogP contribution < -0.4 is 0 Å². The molecule has 3 heteroatoms. The molecule has 0 N–H and O–H groups in total. The molecule has 2 nitrogen and oxygen atoms in total. The van der Waals surface area contributed by atoms with Gasteiger partial charge in [0.15, 0.2) is 0 Å². The molecule has 0 spiro atoms. The van der Waals surface area contributed by atoms with Gasteiger partial charge in [-0.3, -0.25) is 0 Å². The first-order chi connectivity index (χ1) is 5.83. The maximum atomic E-state index is 10.6. The van der Waals surface area contributed by atoms with E-state index in [4.69, 9.17) is 6.02 Å². The number of benzene rings is 1. The van der Waals surface area contributed by atoms with Gasteiger partial charge in [-0.2, -0.15) is 0 Å². The second kappa shape index (κ2) is 4.09. The number of ether oxygens (including phenoxy) is 1. The Morgan fingerprint density at radius 2 is 2.27 bits per heavy atom. The van der Waals surface area contributed by atoms with Gasteiger partial charge in [0.2, 0.25) is 0 Å². The summed E-state index contributed by atoms with van der Waals surface area (Å²) in [5.41, 5.74) is 0.489. The van der Waals surface area contributed by atoms with Crippen molar-refractivity contribution in [2.24, 2.45) is 0 Å². The summed E-state index contributed by atoms with van der Waals surface area (Å²) >= 11 is 0. The molecule has 1 aromatic rings. The second-order valence-electron chi connectivity index (χ2n) is 2.06. The third-order valence-electron chi connectivity index (χ3n) is 1.21. The van der Waals surface area contributed by atoms with Crippen molar-refractivity contribution in [1.82, 2.24) is 0 Å². The molecule has 1 aromatic carbocycles. The van der Waals surface area contributed by atoms with Crippen LogP contribution in [0.2, 0.25) is 0 Å². The minimum absolute atomic E-state index is 0.269. The van der Waals surface area contributed by atoms with E-state index in [-0.39, 0.29) is 6.61 Å². The SMILES string of the molecule is [2H]PC(=O)OCc1ccccc1. The smallest absolute Gasteiger partial charge is 0.320 e. The molecule has 0 radical (unpaired) electrons. The zero-order valence-corrected chi connectivity index (χ0v) is 6.91. The van der Waals surface area contributed by atoms with Crippen LogP contribution in [0.15, 0.2) is 30.3 Å². The molecule has 1 atom stereocenters. The molecule has 0 aliphatic carbocycles. The van der Waals surface area contributed by atoms with Gasteiger partial charge in [0, 0.05) is 0 Å². The van der Waals surface area contributed by atoms with Crippen molar-refractivity contribution in [3.8, 4) is 0 Å². The van der Waals surface area contributed by atoms with Crippen molar-refractivity contribution in [3.05, 3.63) is 35.9 Å². The van der Waals surface area contributed by atoms with E-state index in [2.05, 4.69) is 0 Å². The average Bonchev–Trinajstić information content (AvgIpc) is 2.16. The maximum absolute atomic E-state index is 10.6. The van der Waals surface area contributed by atoms with Gasteiger partial charge in [-0.25, -0.2) is 4.79 Å². The fourth-order valence-corrected chi connectivity index (χ4v) is 0.795. The molecule has 1 rings (SSSR count). The lowest BCUT2D eigenvalue weighted by molar-refractivity contribution is 0.168. The Labute approximate surface area is 69.0 Å². The Morgan fingerprint density at radius 1 is 1.55 bits per heavy atom. The first-order valence-electron chi connectivity index (χ1n) is 3.71. The van der Waals surface area contributed by atoms with E-state index in [0.29, 0.717) is 0 Å². The minimum atomic E-state index is -0.528. The van der Waals surface area contributed by atoms with Crippen LogP contribution >= 0.6 is 9.18 Å². The summed E-state index contributed by atoms with van der Waals surface area (Å²) in [7, 11) is -0.528. The van der Waals surface area contributed by atoms with Gasteiger partial charge in [-0.15, -0.1) is 0 Å². The van der Waals surface area contributed by atoms with E-state index in [1.54, 1.807) is 0 Å². The predicted molar refractivity (Wildman–Crippen MR) is 46.3 cm³/mol. The van der Waals surface area contributed by atoms with Gasteiger partial charge in [0.05, 0.1) is 1.28 Å². The molecule has 0 heterocycles. The molecule has 0 bridgehead atoms. The largest absolute Gasteiger partial charge is 0.458 e. The van der Waals surface area contributed by atoms with Gasteiger partial charge < -0.3 is 4.74 Å². The van der Waals surface area contributed by atoms with Crippen molar-refractivity contribution in [2.75, 3.05) is 0 Å². The van der Waals surface area contributed by atoms with E-state index in [0.717, 1.165) is 5.56 Å². The summed E-state index contributed by atoms with van der Waals surface area (Å²) in [6, 6.07) is 9.41. The molecule has 0 aliphatic heterocycles. The quantitative estimate of drug-likeness (QED) is 0.648. The van der Waals surface area contributed by atoms with Crippen LogP contribution in [0, 0.1) is 0 Å². The molecule has 0 fully saturated rings. The van der Waals surface area contributed by atoms with Crippen molar-refractivity contribution >= 4 is 14.9 Å². The van der Waals surface area contributed by atoms with Crippen LogP contribution in [0.4, 0.5) is 4.79 Å². The van der Waals surface area contributed by atoms with E-state index >= 15 is 0 Å². The Kier molecular flexibility index (Phi) is 2.53. The highest BCUT2D eigenvalue weighted by Crippen LogP contribution is 2.02. The molecular formula is C8H9O2P. The van der Waals surface area contributed by atoms with Crippen molar-refractivity contribution in [2.45, 2.75) is 6.61 Å². The first kappa shape index (κ1) is 6.81. The lowest BCUT2D eigenvalue weighted by atomic mass is 10.2. The van der Waals surface area contributed by atoms with Crippen LogP contribution in [-0.2, 0) is 11.3 Å². The number of rotatable bonds is 3. The van der Waals surface area contributed by atoms with Crippen LogP contribution in [0.5, 0.6) is 0 Å². The lowest BCUT2D eigenvalue weighted by Crippen LogP contribution is -1.93. The van der Waals surface area contributed by atoms with Crippen LogP contribution in [0.1, 0.15) is 5.56 Å². The molecule has 0 saturated carbocycles. The van der Waals surface area contributed by atoms with Crippen molar-refractivity contribution < 1.29 is 9.53 Å². The fraction of sp³-hybridized carbons (Fsp3) is 0.125. The fourth-order valence-electron chi connectivity index (χ4n) is 0.723. The number of hydrogen-bond acceptors (Lipinski definition) is 2. The lowest BCUT2D eigenvalue weighted by Gasteiger charge is -1.99. The van der Waals surface area contributed by atoms with Crippen LogP contribution in [0.25, 0.3) is 0 Å². The van der Waals surface area contributed by atoms with Crippen molar-refractivity contribution in [3.63, 3.8) is 0 Å². The maximum Gasteiger partial charge on any atom is 0.320 e. The number of carbonyl (C=O) groups excluding carboxylic acids is 1. The first-order valence-corrected chi connectivity index (χ1v) is 3.71. The standard InChI is InChI=1S/C8H9O2P/c9-8(11)10-6-7-4-2-1-3-5-7/h1-5H,6,11H2/i11D. The summed E-state index contributed by atoms with van der Waals surface area (Å²) in [6.07, 6.45) is 0. The van der Waals surface area contributed by atoms with Crippen molar-refractivity contribution in [1.29, 1.82) is 1.28 Å². The van der Waals surface area contributed by atoms with E-state index in [9.17, 15) is 4.79 Å². The number of hydrogen-bond donors (Lipinski definition) is 0. The average molecular weight is 169 g/mol. The van der Waals surface area contributed by atoms with Crippen LogP contribution in [-0.4, -0.2) is 6.99 Å². The van der Waals surface area contributed by atoms with E-state index in [1.165, 1.54) is 0 Å². The van der Waals surface area contributed by atoms with E-state index < -0.39 is 14.9 Å². The zero-order chi connectivity index (χ0) is 8.81. The van der Waals surface area contributed by atoms with Gasteiger partial charge >= 0.3 is 5.71 Å². The molecule has 11 heavy (non-hydrogen) atoms. The highest BCUT2D eigenvalue weighted by Gasteiger charge is 1.93. The number of carbonyl (C=O) groups is 1. The molecule has 0 saturated heterocycles.